The molecular formula is C23H25N5O4S2. The van der Waals surface area contributed by atoms with Crippen molar-refractivity contribution in [3.63, 3.8) is 0 Å². The molecule has 0 atom stereocenters. The summed E-state index contributed by atoms with van der Waals surface area (Å²) in [7, 11) is 0.970. The Hall–Kier alpha value is -3.28. The first-order valence-electron chi connectivity index (χ1n) is 10.5. The van der Waals surface area contributed by atoms with E-state index in [-0.39, 0.29) is 10.8 Å². The van der Waals surface area contributed by atoms with Gasteiger partial charge in [-0.15, -0.1) is 0 Å². The first-order chi connectivity index (χ1) is 16.3. The van der Waals surface area contributed by atoms with E-state index in [9.17, 15) is 13.2 Å². The van der Waals surface area contributed by atoms with E-state index < -0.39 is 10.0 Å². The van der Waals surface area contributed by atoms with E-state index in [4.69, 9.17) is 4.74 Å². The van der Waals surface area contributed by atoms with Crippen molar-refractivity contribution < 1.29 is 17.9 Å². The highest BCUT2D eigenvalue weighted by Gasteiger charge is 2.23. The van der Waals surface area contributed by atoms with Crippen LogP contribution >= 0.6 is 11.3 Å². The van der Waals surface area contributed by atoms with Gasteiger partial charge in [-0.2, -0.15) is 0 Å². The van der Waals surface area contributed by atoms with Gasteiger partial charge >= 0.3 is 0 Å². The molecule has 2 aromatic carbocycles. The van der Waals surface area contributed by atoms with Crippen LogP contribution in [0, 0.1) is 0 Å². The van der Waals surface area contributed by atoms with Crippen molar-refractivity contribution in [1.29, 1.82) is 0 Å². The maximum absolute atomic E-state index is 13.5. The Balaban J connectivity index is 1.63. The van der Waals surface area contributed by atoms with Crippen molar-refractivity contribution in [2.75, 3.05) is 32.6 Å². The van der Waals surface area contributed by atoms with E-state index in [0.29, 0.717) is 30.2 Å². The maximum atomic E-state index is 13.5. The van der Waals surface area contributed by atoms with Crippen LogP contribution in [0.15, 0.2) is 66.1 Å². The summed E-state index contributed by atoms with van der Waals surface area (Å²) >= 11 is 1.41. The molecule has 0 saturated heterocycles. The number of aromatic nitrogens is 3. The van der Waals surface area contributed by atoms with Crippen LogP contribution in [0.3, 0.4) is 0 Å². The number of ether oxygens (including phenoxy) is 1. The van der Waals surface area contributed by atoms with Crippen LogP contribution in [0.5, 0.6) is 5.75 Å². The molecule has 0 aliphatic rings. The number of hydrogen-bond donors (Lipinski definition) is 0. The number of amides is 1. The van der Waals surface area contributed by atoms with Crippen molar-refractivity contribution in [2.45, 2.75) is 17.9 Å². The number of fused-ring (bicyclic) bond motifs is 1. The molecule has 0 fully saturated rings. The minimum absolute atomic E-state index is 0.132. The highest BCUT2D eigenvalue weighted by Crippen LogP contribution is 2.32. The highest BCUT2D eigenvalue weighted by molar-refractivity contribution is 7.89. The Labute approximate surface area is 202 Å². The Bertz CT molecular complexity index is 1380. The minimum atomic E-state index is -3.58. The lowest BCUT2D eigenvalue weighted by Gasteiger charge is -2.20. The molecule has 0 spiro atoms. The number of hydrogen-bond acceptors (Lipinski definition) is 7. The third-order valence-corrected chi connectivity index (χ3v) is 8.17. The van der Waals surface area contributed by atoms with Gasteiger partial charge in [0.2, 0.25) is 10.0 Å². The van der Waals surface area contributed by atoms with Crippen molar-refractivity contribution in [1.82, 2.24) is 18.8 Å². The standard InChI is InChI=1S/C23H25N5O4S2/c1-26(2)34(30,31)19-8-5-17(6-9-19)22(29)28(13-4-12-27-14-11-24-16-27)23-25-20-10-7-18(32-3)15-21(20)33-23/h5-11,14-16H,4,12-13H2,1-3H3. The fourth-order valence-electron chi connectivity index (χ4n) is 3.39. The first-order valence-corrected chi connectivity index (χ1v) is 12.8. The molecular weight excluding hydrogens is 474 g/mol. The number of imidazole rings is 1. The third kappa shape index (κ3) is 4.96. The molecule has 11 heteroatoms. The van der Waals surface area contributed by atoms with Gasteiger partial charge in [0.1, 0.15) is 5.75 Å². The molecule has 1 amide bonds. The molecule has 0 saturated carbocycles. The van der Waals surface area contributed by atoms with E-state index in [2.05, 4.69) is 9.97 Å². The third-order valence-electron chi connectivity index (χ3n) is 5.30. The summed E-state index contributed by atoms with van der Waals surface area (Å²) in [6.07, 6.45) is 6.02. The molecule has 0 bridgehead atoms. The minimum Gasteiger partial charge on any atom is -0.497 e. The van der Waals surface area contributed by atoms with Crippen LogP contribution in [0.25, 0.3) is 10.2 Å². The van der Waals surface area contributed by atoms with Gasteiger partial charge in [-0.25, -0.2) is 22.7 Å². The number of rotatable bonds is 9. The number of anilines is 1. The van der Waals surface area contributed by atoms with Crippen molar-refractivity contribution in [3.05, 3.63) is 66.7 Å². The van der Waals surface area contributed by atoms with Gasteiger partial charge in [0.05, 0.1) is 28.5 Å². The monoisotopic (exact) mass is 499 g/mol. The topological polar surface area (TPSA) is 97.6 Å². The lowest BCUT2D eigenvalue weighted by atomic mass is 10.2. The average molecular weight is 500 g/mol. The lowest BCUT2D eigenvalue weighted by molar-refractivity contribution is 0.0986. The average Bonchev–Trinajstić information content (AvgIpc) is 3.50. The molecule has 0 aliphatic heterocycles. The zero-order chi connectivity index (χ0) is 24.3. The number of carbonyl (C=O) groups excluding carboxylic acids is 1. The number of benzene rings is 2. The number of methoxy groups -OCH3 is 1. The molecule has 0 unspecified atom stereocenters. The Morgan fingerprint density at radius 2 is 1.91 bits per heavy atom. The SMILES string of the molecule is COc1ccc2nc(N(CCCn3ccnc3)C(=O)c3ccc(S(=O)(=O)N(C)C)cc3)sc2c1. The summed E-state index contributed by atoms with van der Waals surface area (Å²) in [6.45, 7) is 1.13. The smallest absolute Gasteiger partial charge is 0.260 e. The van der Waals surface area contributed by atoms with E-state index >= 15 is 0 Å². The quantitative estimate of drug-likeness (QED) is 0.350. The van der Waals surface area contributed by atoms with Crippen molar-refractivity contribution >= 4 is 42.6 Å². The summed E-state index contributed by atoms with van der Waals surface area (Å²) < 4.78 is 34.1. The van der Waals surface area contributed by atoms with Gasteiger partial charge in [0, 0.05) is 45.1 Å². The normalized spacial score (nSPS) is 11.8. The molecule has 2 aromatic heterocycles. The number of thiazole rings is 1. The van der Waals surface area contributed by atoms with Gasteiger partial charge in [-0.1, -0.05) is 11.3 Å². The van der Waals surface area contributed by atoms with Crippen LogP contribution in [-0.2, 0) is 16.6 Å². The maximum Gasteiger partial charge on any atom is 0.260 e. The zero-order valence-electron chi connectivity index (χ0n) is 19.1. The molecule has 178 valence electrons. The molecule has 0 N–H and O–H groups in total. The van der Waals surface area contributed by atoms with E-state index in [0.717, 1.165) is 20.3 Å². The summed E-state index contributed by atoms with van der Waals surface area (Å²) in [4.78, 5) is 24.0. The molecule has 2 heterocycles. The number of nitrogens with zero attached hydrogens (tertiary/aromatic N) is 5. The molecule has 4 rings (SSSR count). The van der Waals surface area contributed by atoms with E-state index in [1.807, 2.05) is 29.0 Å². The van der Waals surface area contributed by atoms with Gasteiger partial charge in [-0.05, 0) is 48.9 Å². The summed E-state index contributed by atoms with van der Waals surface area (Å²) in [5.74, 6) is 0.476. The van der Waals surface area contributed by atoms with Crippen LogP contribution in [0.4, 0.5) is 5.13 Å². The predicted molar refractivity (Wildman–Crippen MR) is 132 cm³/mol. The number of sulfonamides is 1. The van der Waals surface area contributed by atoms with E-state index in [1.165, 1.54) is 49.7 Å². The second-order valence-corrected chi connectivity index (χ2v) is 10.9. The Kier molecular flexibility index (Phi) is 6.96. The largest absolute Gasteiger partial charge is 0.497 e. The van der Waals surface area contributed by atoms with Crippen LogP contribution in [0.1, 0.15) is 16.8 Å². The molecule has 34 heavy (non-hydrogen) atoms. The number of carbonyl (C=O) groups is 1. The van der Waals surface area contributed by atoms with E-state index in [1.54, 1.807) is 24.5 Å². The van der Waals surface area contributed by atoms with Gasteiger partial charge < -0.3 is 9.30 Å². The fourth-order valence-corrected chi connectivity index (χ4v) is 5.31. The first kappa shape index (κ1) is 23.9. The Morgan fingerprint density at radius 1 is 1.15 bits per heavy atom. The lowest BCUT2D eigenvalue weighted by Crippen LogP contribution is -2.32. The molecule has 0 aliphatic carbocycles. The molecule has 4 aromatic rings. The van der Waals surface area contributed by atoms with Crippen LogP contribution in [-0.4, -0.2) is 60.9 Å². The molecule has 0 radical (unpaired) electrons. The summed E-state index contributed by atoms with van der Waals surface area (Å²) in [5, 5.41) is 0.573. The zero-order valence-corrected chi connectivity index (χ0v) is 20.7. The predicted octanol–water partition coefficient (Wildman–Crippen LogP) is 3.49. The second-order valence-electron chi connectivity index (χ2n) is 7.75. The fraction of sp³-hybridized carbons (Fsp3) is 0.261. The Morgan fingerprint density at radius 3 is 2.56 bits per heavy atom. The second kappa shape index (κ2) is 9.92. The number of aryl methyl sites for hydroxylation is 1. The summed E-state index contributed by atoms with van der Waals surface area (Å²) in [5.41, 5.74) is 1.16. The van der Waals surface area contributed by atoms with Crippen LogP contribution < -0.4 is 9.64 Å². The van der Waals surface area contributed by atoms with Gasteiger partial charge in [-0.3, -0.25) is 9.69 Å². The highest BCUT2D eigenvalue weighted by atomic mass is 32.2. The van der Waals surface area contributed by atoms with Crippen LogP contribution in [0.2, 0.25) is 0 Å². The van der Waals surface area contributed by atoms with Crippen molar-refractivity contribution in [2.24, 2.45) is 0 Å². The summed E-state index contributed by atoms with van der Waals surface area (Å²) in [6, 6.07) is 11.6. The van der Waals surface area contributed by atoms with Crippen molar-refractivity contribution in [3.8, 4) is 5.75 Å². The van der Waals surface area contributed by atoms with Gasteiger partial charge in [0.25, 0.3) is 5.91 Å². The van der Waals surface area contributed by atoms with Gasteiger partial charge in [0.15, 0.2) is 5.13 Å². The molecule has 9 nitrogen and oxygen atoms in total.